The van der Waals surface area contributed by atoms with Crippen molar-refractivity contribution in [3.8, 4) is 0 Å². The molecule has 0 spiro atoms. The molecule has 0 saturated heterocycles. The molecule has 0 heterocycles. The standard InChI is InChI=1S/C36H66O5/c1-3-5-7-21-27-33(37)29-23-17-13-9-11-15-19-25-31-35(39)41-36(40)32-26-20-16-12-10-14-18-24-30-34(38)28-22-8-6-4-2/h17-18,23-24,33-34,37-38H,3-16,19-22,25-32H2,1-2H3/b23-17+,24-18+. The fourth-order valence-electron chi connectivity index (χ4n) is 4.94. The van der Waals surface area contributed by atoms with Crippen molar-refractivity contribution < 1.29 is 24.5 Å². The highest BCUT2D eigenvalue weighted by molar-refractivity contribution is 5.85. The van der Waals surface area contributed by atoms with E-state index in [4.69, 9.17) is 4.74 Å². The zero-order chi connectivity index (χ0) is 30.2. The first-order valence-electron chi connectivity index (χ1n) is 17.4. The van der Waals surface area contributed by atoms with Crippen molar-refractivity contribution in [2.75, 3.05) is 0 Å². The molecular weight excluding hydrogens is 512 g/mol. The lowest BCUT2D eigenvalue weighted by Gasteiger charge is -2.07. The van der Waals surface area contributed by atoms with Gasteiger partial charge in [-0.3, -0.25) is 9.59 Å². The summed E-state index contributed by atoms with van der Waals surface area (Å²) in [6.07, 6.45) is 34.2. The molecule has 5 nitrogen and oxygen atoms in total. The monoisotopic (exact) mass is 578 g/mol. The van der Waals surface area contributed by atoms with Crippen LogP contribution < -0.4 is 0 Å². The SMILES string of the molecule is CCCCCCC(O)C/C=C/CCCCCCCC(=O)OC(=O)CCCCCCC/C=C/CC(O)CCCCCC. The van der Waals surface area contributed by atoms with Crippen LogP contribution in [0, 0.1) is 0 Å². The lowest BCUT2D eigenvalue weighted by Crippen LogP contribution is -2.11. The normalized spacial score (nSPS) is 13.3. The molecule has 240 valence electrons. The summed E-state index contributed by atoms with van der Waals surface area (Å²) in [5.41, 5.74) is 0. The predicted molar refractivity (Wildman–Crippen MR) is 173 cm³/mol. The van der Waals surface area contributed by atoms with Crippen molar-refractivity contribution in [2.24, 2.45) is 0 Å². The maximum absolute atomic E-state index is 11.9. The van der Waals surface area contributed by atoms with Gasteiger partial charge in [-0.05, 0) is 64.2 Å². The van der Waals surface area contributed by atoms with Gasteiger partial charge in [0.15, 0.2) is 0 Å². The number of unbranched alkanes of at least 4 members (excludes halogenated alkanes) is 16. The van der Waals surface area contributed by atoms with Gasteiger partial charge >= 0.3 is 11.9 Å². The molecule has 0 aromatic carbocycles. The zero-order valence-electron chi connectivity index (χ0n) is 27.0. The maximum atomic E-state index is 11.9. The molecule has 0 amide bonds. The number of aliphatic hydroxyl groups is 2. The Morgan fingerprint density at radius 2 is 0.878 bits per heavy atom. The van der Waals surface area contributed by atoms with Gasteiger partial charge in [-0.15, -0.1) is 0 Å². The first-order chi connectivity index (χ1) is 20.0. The molecular formula is C36H66O5. The summed E-state index contributed by atoms with van der Waals surface area (Å²) in [5.74, 6) is -0.770. The van der Waals surface area contributed by atoms with Gasteiger partial charge in [-0.25, -0.2) is 0 Å². The Kier molecular flexibility index (Phi) is 30.4. The lowest BCUT2D eigenvalue weighted by molar-refractivity contribution is -0.159. The molecule has 0 aromatic rings. The molecule has 0 saturated carbocycles. The smallest absolute Gasteiger partial charge is 0.313 e. The Labute approximate surface area is 253 Å². The molecule has 0 aliphatic heterocycles. The van der Waals surface area contributed by atoms with Crippen LogP contribution in [0.5, 0.6) is 0 Å². The van der Waals surface area contributed by atoms with Gasteiger partial charge in [-0.2, -0.15) is 0 Å². The average molecular weight is 579 g/mol. The second-order valence-corrected chi connectivity index (χ2v) is 11.9. The van der Waals surface area contributed by atoms with E-state index in [1.165, 1.54) is 38.5 Å². The van der Waals surface area contributed by atoms with Gasteiger partial charge in [0.2, 0.25) is 0 Å². The van der Waals surface area contributed by atoms with E-state index < -0.39 is 0 Å². The van der Waals surface area contributed by atoms with Gasteiger partial charge < -0.3 is 14.9 Å². The summed E-state index contributed by atoms with van der Waals surface area (Å²) in [7, 11) is 0. The highest BCUT2D eigenvalue weighted by atomic mass is 16.6. The predicted octanol–water partition coefficient (Wildman–Crippen LogP) is 10.1. The van der Waals surface area contributed by atoms with Crippen molar-refractivity contribution >= 4 is 11.9 Å². The first kappa shape index (κ1) is 39.5. The number of ether oxygens (including phenoxy) is 1. The van der Waals surface area contributed by atoms with E-state index in [1.807, 2.05) is 0 Å². The zero-order valence-corrected chi connectivity index (χ0v) is 27.0. The number of aliphatic hydroxyl groups excluding tert-OH is 2. The van der Waals surface area contributed by atoms with Crippen molar-refractivity contribution in [1.82, 2.24) is 0 Å². The Morgan fingerprint density at radius 3 is 1.29 bits per heavy atom. The van der Waals surface area contributed by atoms with Crippen LogP contribution >= 0.6 is 0 Å². The number of carbonyl (C=O) groups excluding carboxylic acids is 2. The maximum Gasteiger partial charge on any atom is 0.313 e. The highest BCUT2D eigenvalue weighted by Gasteiger charge is 2.10. The Bertz CT molecular complexity index is 588. The molecule has 0 aromatic heterocycles. The molecule has 2 N–H and O–H groups in total. The summed E-state index contributed by atoms with van der Waals surface area (Å²) < 4.78 is 4.97. The second kappa shape index (κ2) is 31.5. The van der Waals surface area contributed by atoms with E-state index in [9.17, 15) is 19.8 Å². The van der Waals surface area contributed by atoms with Gasteiger partial charge in [0.05, 0.1) is 12.2 Å². The van der Waals surface area contributed by atoms with E-state index >= 15 is 0 Å². The number of carbonyl (C=O) groups is 2. The number of allylic oxidation sites excluding steroid dienone is 2. The minimum Gasteiger partial charge on any atom is -0.393 e. The minimum atomic E-state index is -0.385. The molecule has 2 atom stereocenters. The summed E-state index contributed by atoms with van der Waals surface area (Å²) in [6.45, 7) is 4.40. The van der Waals surface area contributed by atoms with Crippen molar-refractivity contribution in [2.45, 2.75) is 193 Å². The molecule has 0 rings (SSSR count). The van der Waals surface area contributed by atoms with E-state index in [0.29, 0.717) is 12.8 Å². The van der Waals surface area contributed by atoms with Crippen LogP contribution in [0.3, 0.4) is 0 Å². The fourth-order valence-corrected chi connectivity index (χ4v) is 4.94. The van der Waals surface area contributed by atoms with E-state index in [1.54, 1.807) is 0 Å². The molecule has 0 aliphatic carbocycles. The Balaban J connectivity index is 3.48. The van der Waals surface area contributed by atoms with Crippen LogP contribution in [0.25, 0.3) is 0 Å². The van der Waals surface area contributed by atoms with Gasteiger partial charge in [-0.1, -0.05) is 128 Å². The molecule has 0 radical (unpaired) electrons. The quantitative estimate of drug-likeness (QED) is 0.0383. The van der Waals surface area contributed by atoms with Gasteiger partial charge in [0.25, 0.3) is 0 Å². The second-order valence-electron chi connectivity index (χ2n) is 11.9. The average Bonchev–Trinajstić information content (AvgIpc) is 2.95. The summed E-state index contributed by atoms with van der Waals surface area (Å²) in [6, 6.07) is 0. The van der Waals surface area contributed by atoms with E-state index in [-0.39, 0.29) is 24.1 Å². The summed E-state index contributed by atoms with van der Waals surface area (Å²) >= 11 is 0. The van der Waals surface area contributed by atoms with E-state index in [0.717, 1.165) is 116 Å². The van der Waals surface area contributed by atoms with Gasteiger partial charge in [0, 0.05) is 12.8 Å². The van der Waals surface area contributed by atoms with Crippen LogP contribution in [0.2, 0.25) is 0 Å². The molecule has 0 fully saturated rings. The van der Waals surface area contributed by atoms with Crippen LogP contribution in [0.15, 0.2) is 24.3 Å². The number of rotatable bonds is 30. The summed E-state index contributed by atoms with van der Waals surface area (Å²) in [4.78, 5) is 23.8. The number of hydrogen-bond donors (Lipinski definition) is 2. The highest BCUT2D eigenvalue weighted by Crippen LogP contribution is 2.13. The van der Waals surface area contributed by atoms with Crippen LogP contribution in [0.1, 0.15) is 181 Å². The van der Waals surface area contributed by atoms with Crippen LogP contribution in [0.4, 0.5) is 0 Å². The van der Waals surface area contributed by atoms with Gasteiger partial charge in [0.1, 0.15) is 0 Å². The summed E-state index contributed by atoms with van der Waals surface area (Å²) in [5, 5.41) is 19.9. The largest absolute Gasteiger partial charge is 0.393 e. The van der Waals surface area contributed by atoms with Crippen LogP contribution in [-0.4, -0.2) is 34.4 Å². The molecule has 0 bridgehead atoms. The Hall–Kier alpha value is -1.46. The third-order valence-electron chi connectivity index (χ3n) is 7.66. The lowest BCUT2D eigenvalue weighted by atomic mass is 10.1. The van der Waals surface area contributed by atoms with Crippen molar-refractivity contribution in [3.05, 3.63) is 24.3 Å². The van der Waals surface area contributed by atoms with Crippen molar-refractivity contribution in [1.29, 1.82) is 0 Å². The molecule has 2 unspecified atom stereocenters. The third-order valence-corrected chi connectivity index (χ3v) is 7.66. The van der Waals surface area contributed by atoms with E-state index in [2.05, 4.69) is 38.2 Å². The molecule has 41 heavy (non-hydrogen) atoms. The molecule has 0 aliphatic rings. The molecule has 5 heteroatoms. The topological polar surface area (TPSA) is 83.8 Å². The van der Waals surface area contributed by atoms with Crippen molar-refractivity contribution in [3.63, 3.8) is 0 Å². The van der Waals surface area contributed by atoms with Crippen LogP contribution in [-0.2, 0) is 14.3 Å². The third kappa shape index (κ3) is 31.3. The Morgan fingerprint density at radius 1 is 0.512 bits per heavy atom. The number of hydrogen-bond acceptors (Lipinski definition) is 5. The first-order valence-corrected chi connectivity index (χ1v) is 17.4. The minimum absolute atomic E-state index is 0.200. The fraction of sp³-hybridized carbons (Fsp3) is 0.833. The number of esters is 2.